The van der Waals surface area contributed by atoms with E-state index in [4.69, 9.17) is 14.3 Å². The fraction of sp³-hybridized carbons (Fsp3) is 0.619. The zero-order chi connectivity index (χ0) is 19.4. The average Bonchev–Trinajstić information content (AvgIpc) is 3.39. The highest BCUT2D eigenvalue weighted by atomic mass is 19.1. The summed E-state index contributed by atoms with van der Waals surface area (Å²) in [4.78, 5) is 18.7. The molecule has 2 fully saturated rings. The molecule has 0 aliphatic carbocycles. The van der Waals surface area contributed by atoms with E-state index in [2.05, 4.69) is 10.5 Å². The zero-order valence-electron chi connectivity index (χ0n) is 16.0. The van der Waals surface area contributed by atoms with Crippen LogP contribution < -0.4 is 5.32 Å². The molecule has 1 aromatic carbocycles. The second kappa shape index (κ2) is 8.57. The van der Waals surface area contributed by atoms with Crippen molar-refractivity contribution >= 4 is 11.6 Å². The van der Waals surface area contributed by atoms with Crippen LogP contribution in [0.3, 0.4) is 0 Å². The van der Waals surface area contributed by atoms with Crippen LogP contribution in [0.1, 0.15) is 44.1 Å². The van der Waals surface area contributed by atoms with Gasteiger partial charge < -0.3 is 19.6 Å². The molecule has 0 saturated carbocycles. The predicted molar refractivity (Wildman–Crippen MR) is 102 cm³/mol. The van der Waals surface area contributed by atoms with Crippen LogP contribution >= 0.6 is 0 Å². The average molecular weight is 390 g/mol. The highest BCUT2D eigenvalue weighted by Crippen LogP contribution is 2.38. The van der Waals surface area contributed by atoms with E-state index < -0.39 is 5.41 Å². The molecule has 3 aliphatic rings. The van der Waals surface area contributed by atoms with Gasteiger partial charge in [-0.25, -0.2) is 4.39 Å². The molecule has 1 amide bonds. The van der Waals surface area contributed by atoms with Crippen molar-refractivity contribution in [2.24, 2.45) is 10.6 Å². The Kier molecular flexibility index (Phi) is 5.92. The largest absolute Gasteiger partial charge is 0.392 e. The summed E-state index contributed by atoms with van der Waals surface area (Å²) in [5.41, 5.74) is 0.937. The second-order valence-electron chi connectivity index (χ2n) is 7.92. The standard InChI is InChI=1S/C21H27FN2O4/c22-16-4-1-3-15(11-16)19-12-18(28-24-19)13-21(6-9-26-10-7-21)20(25)23-14-17-5-2-8-27-17/h1,3-4,11,17-18H,2,5-10,12-14H2,(H,23,25)/t17-,18-/m0/s1. The van der Waals surface area contributed by atoms with Gasteiger partial charge in [-0.15, -0.1) is 0 Å². The van der Waals surface area contributed by atoms with Crippen molar-refractivity contribution in [1.29, 1.82) is 0 Å². The maximum absolute atomic E-state index is 13.5. The van der Waals surface area contributed by atoms with Gasteiger partial charge in [0.25, 0.3) is 0 Å². The Labute approximate surface area is 164 Å². The van der Waals surface area contributed by atoms with Gasteiger partial charge in [0.2, 0.25) is 5.91 Å². The van der Waals surface area contributed by atoms with Gasteiger partial charge in [-0.3, -0.25) is 4.79 Å². The SMILES string of the molecule is O=C(NC[C@@H]1CCCO1)C1(C[C@@H]2CC(c3cccc(F)c3)=NO2)CCOCC1. The third-order valence-electron chi connectivity index (χ3n) is 5.96. The number of benzene rings is 1. The summed E-state index contributed by atoms with van der Waals surface area (Å²) in [7, 11) is 0. The molecular formula is C21H27FN2O4. The first-order valence-electron chi connectivity index (χ1n) is 10.1. The Morgan fingerprint density at radius 2 is 2.11 bits per heavy atom. The molecule has 2 saturated heterocycles. The van der Waals surface area contributed by atoms with Gasteiger partial charge in [0, 0.05) is 44.8 Å². The molecular weight excluding hydrogens is 363 g/mol. The third kappa shape index (κ3) is 4.36. The van der Waals surface area contributed by atoms with E-state index in [1.165, 1.54) is 12.1 Å². The van der Waals surface area contributed by atoms with Gasteiger partial charge in [-0.1, -0.05) is 17.3 Å². The van der Waals surface area contributed by atoms with E-state index in [0.29, 0.717) is 45.4 Å². The first-order chi connectivity index (χ1) is 13.6. The molecule has 1 N–H and O–H groups in total. The quantitative estimate of drug-likeness (QED) is 0.811. The number of nitrogens with zero attached hydrogens (tertiary/aromatic N) is 1. The summed E-state index contributed by atoms with van der Waals surface area (Å²) < 4.78 is 24.6. The number of carbonyl (C=O) groups is 1. The van der Waals surface area contributed by atoms with Crippen molar-refractivity contribution in [3.63, 3.8) is 0 Å². The summed E-state index contributed by atoms with van der Waals surface area (Å²) in [5, 5.41) is 7.26. The molecule has 0 radical (unpaired) electrons. The van der Waals surface area contributed by atoms with Gasteiger partial charge in [0.1, 0.15) is 11.9 Å². The lowest BCUT2D eigenvalue weighted by atomic mass is 9.74. The number of hydrogen-bond acceptors (Lipinski definition) is 5. The molecule has 0 bridgehead atoms. The first-order valence-corrected chi connectivity index (χ1v) is 10.1. The number of rotatable bonds is 6. The number of ether oxygens (including phenoxy) is 2. The van der Waals surface area contributed by atoms with Gasteiger partial charge in [0.05, 0.1) is 17.2 Å². The van der Waals surface area contributed by atoms with Crippen LogP contribution in [0.25, 0.3) is 0 Å². The molecule has 3 aliphatic heterocycles. The maximum Gasteiger partial charge on any atom is 0.226 e. The summed E-state index contributed by atoms with van der Waals surface area (Å²) in [6.07, 6.45) is 4.46. The van der Waals surface area contributed by atoms with Crippen molar-refractivity contribution < 1.29 is 23.5 Å². The molecule has 7 heteroatoms. The predicted octanol–water partition coefficient (Wildman–Crippen LogP) is 2.80. The lowest BCUT2D eigenvalue weighted by molar-refractivity contribution is -0.140. The lowest BCUT2D eigenvalue weighted by Gasteiger charge is -2.37. The van der Waals surface area contributed by atoms with E-state index >= 15 is 0 Å². The van der Waals surface area contributed by atoms with E-state index in [-0.39, 0.29) is 23.9 Å². The molecule has 1 aromatic rings. The van der Waals surface area contributed by atoms with Crippen LogP contribution in [0.4, 0.5) is 4.39 Å². The Hall–Kier alpha value is -1.99. The van der Waals surface area contributed by atoms with Crippen LogP contribution in [-0.2, 0) is 19.1 Å². The van der Waals surface area contributed by atoms with Crippen molar-refractivity contribution in [2.75, 3.05) is 26.4 Å². The minimum absolute atomic E-state index is 0.0501. The Balaban J connectivity index is 1.38. The van der Waals surface area contributed by atoms with Crippen LogP contribution in [0.5, 0.6) is 0 Å². The maximum atomic E-state index is 13.5. The zero-order valence-corrected chi connectivity index (χ0v) is 16.0. The Morgan fingerprint density at radius 3 is 2.86 bits per heavy atom. The summed E-state index contributed by atoms with van der Waals surface area (Å²) in [6.45, 7) is 2.46. The molecule has 4 rings (SSSR count). The third-order valence-corrected chi connectivity index (χ3v) is 5.96. The smallest absolute Gasteiger partial charge is 0.226 e. The topological polar surface area (TPSA) is 69.2 Å². The van der Waals surface area contributed by atoms with Crippen LogP contribution in [0.2, 0.25) is 0 Å². The number of nitrogens with one attached hydrogen (secondary N) is 1. The fourth-order valence-electron chi connectivity index (χ4n) is 4.30. The summed E-state index contributed by atoms with van der Waals surface area (Å²) in [6, 6.07) is 6.36. The van der Waals surface area contributed by atoms with Crippen LogP contribution in [0, 0.1) is 11.2 Å². The Bertz CT molecular complexity index is 727. The Morgan fingerprint density at radius 1 is 1.25 bits per heavy atom. The molecule has 0 unspecified atom stereocenters. The molecule has 28 heavy (non-hydrogen) atoms. The second-order valence-corrected chi connectivity index (χ2v) is 7.92. The number of hydrogen-bond donors (Lipinski definition) is 1. The van der Waals surface area contributed by atoms with Gasteiger partial charge >= 0.3 is 0 Å². The van der Waals surface area contributed by atoms with Crippen molar-refractivity contribution in [3.05, 3.63) is 35.6 Å². The van der Waals surface area contributed by atoms with Crippen molar-refractivity contribution in [3.8, 4) is 0 Å². The van der Waals surface area contributed by atoms with E-state index in [1.807, 2.05) is 6.07 Å². The number of amides is 1. The summed E-state index contributed by atoms with van der Waals surface area (Å²) >= 11 is 0. The number of carbonyl (C=O) groups excluding carboxylic acids is 1. The molecule has 3 heterocycles. The highest BCUT2D eigenvalue weighted by Gasteiger charge is 2.43. The monoisotopic (exact) mass is 390 g/mol. The molecule has 6 nitrogen and oxygen atoms in total. The minimum atomic E-state index is -0.519. The summed E-state index contributed by atoms with van der Waals surface area (Å²) in [5.74, 6) is -0.243. The molecule has 0 spiro atoms. The van der Waals surface area contributed by atoms with Gasteiger partial charge in [-0.05, 0) is 37.8 Å². The van der Waals surface area contributed by atoms with E-state index in [9.17, 15) is 9.18 Å². The minimum Gasteiger partial charge on any atom is -0.392 e. The number of halogens is 1. The normalized spacial score (nSPS) is 26.5. The van der Waals surface area contributed by atoms with Crippen molar-refractivity contribution in [2.45, 2.75) is 50.7 Å². The highest BCUT2D eigenvalue weighted by molar-refractivity contribution is 6.01. The fourth-order valence-corrected chi connectivity index (χ4v) is 4.30. The van der Waals surface area contributed by atoms with Gasteiger partial charge in [-0.2, -0.15) is 0 Å². The molecule has 152 valence electrons. The van der Waals surface area contributed by atoms with Gasteiger partial charge in [0.15, 0.2) is 0 Å². The lowest BCUT2D eigenvalue weighted by Crippen LogP contribution is -2.48. The van der Waals surface area contributed by atoms with Crippen LogP contribution in [-0.4, -0.2) is 50.2 Å². The first kappa shape index (κ1) is 19.3. The number of oxime groups is 1. The van der Waals surface area contributed by atoms with Crippen molar-refractivity contribution in [1.82, 2.24) is 5.32 Å². The van der Waals surface area contributed by atoms with E-state index in [0.717, 1.165) is 30.7 Å². The van der Waals surface area contributed by atoms with E-state index in [1.54, 1.807) is 6.07 Å². The molecule has 0 aromatic heterocycles. The molecule has 2 atom stereocenters. The van der Waals surface area contributed by atoms with Crippen LogP contribution in [0.15, 0.2) is 29.4 Å².